The van der Waals surface area contributed by atoms with E-state index in [1.807, 2.05) is 0 Å². The van der Waals surface area contributed by atoms with Gasteiger partial charge < -0.3 is 0 Å². The van der Waals surface area contributed by atoms with Crippen LogP contribution < -0.4 is 4.31 Å². The fourth-order valence-corrected chi connectivity index (χ4v) is 3.28. The van der Waals surface area contributed by atoms with E-state index in [0.717, 1.165) is 9.87 Å². The van der Waals surface area contributed by atoms with Gasteiger partial charge in [-0.3, -0.25) is 4.31 Å². The van der Waals surface area contributed by atoms with E-state index in [9.17, 15) is 12.8 Å². The largest absolute Gasteiger partial charge is 0.269 e. The Kier molecular flexibility index (Phi) is 4.45. The molecule has 6 heteroatoms. The van der Waals surface area contributed by atoms with E-state index in [1.165, 1.54) is 25.2 Å². The molecule has 0 heterocycles. The second kappa shape index (κ2) is 5.93. The molecule has 2 aromatic rings. The molecular formula is C14H13BrFNO2S. The molecule has 2 aromatic carbocycles. The third-order valence-electron chi connectivity index (χ3n) is 2.91. The molecule has 0 bridgehead atoms. The lowest BCUT2D eigenvalue weighted by atomic mass is 10.2. The summed E-state index contributed by atoms with van der Waals surface area (Å²) in [6.07, 6.45) is 0. The lowest BCUT2D eigenvalue weighted by Crippen LogP contribution is -2.26. The quantitative estimate of drug-likeness (QED) is 0.784. The van der Waals surface area contributed by atoms with Crippen molar-refractivity contribution in [3.05, 3.63) is 59.9 Å². The summed E-state index contributed by atoms with van der Waals surface area (Å²) in [6, 6.07) is 12.0. The zero-order valence-electron chi connectivity index (χ0n) is 10.8. The summed E-state index contributed by atoms with van der Waals surface area (Å²) in [5.74, 6) is -0.473. The number of rotatable bonds is 4. The Bertz CT molecular complexity index is 701. The van der Waals surface area contributed by atoms with Crippen LogP contribution in [0.2, 0.25) is 0 Å². The molecule has 106 valence electrons. The molecule has 0 amide bonds. The van der Waals surface area contributed by atoms with E-state index < -0.39 is 15.8 Å². The molecule has 0 unspecified atom stereocenters. The van der Waals surface area contributed by atoms with Crippen LogP contribution in [0.3, 0.4) is 0 Å². The highest BCUT2D eigenvalue weighted by atomic mass is 79.9. The Labute approximate surface area is 126 Å². The Hall–Kier alpha value is -1.40. The number of halogens is 2. The number of nitrogens with zero attached hydrogens (tertiary/aromatic N) is 1. The van der Waals surface area contributed by atoms with Crippen LogP contribution in [0, 0.1) is 5.82 Å². The Morgan fingerprint density at radius 1 is 1.15 bits per heavy atom. The second-order valence-corrected chi connectivity index (χ2v) is 6.76. The zero-order valence-corrected chi connectivity index (χ0v) is 13.2. The highest BCUT2D eigenvalue weighted by Crippen LogP contribution is 2.23. The smallest absolute Gasteiger partial charge is 0.264 e. The molecule has 0 spiro atoms. The normalized spacial score (nSPS) is 11.3. The summed E-state index contributed by atoms with van der Waals surface area (Å²) in [5.41, 5.74) is 1.27. The summed E-state index contributed by atoms with van der Waals surface area (Å²) in [5, 5.41) is 0.660. The van der Waals surface area contributed by atoms with Crippen molar-refractivity contribution in [3.63, 3.8) is 0 Å². The van der Waals surface area contributed by atoms with Gasteiger partial charge in [-0.25, -0.2) is 12.8 Å². The first kappa shape index (κ1) is 15.0. The first-order valence-corrected chi connectivity index (χ1v) is 8.40. The number of sulfonamides is 1. The van der Waals surface area contributed by atoms with Crippen molar-refractivity contribution < 1.29 is 12.8 Å². The first-order valence-electron chi connectivity index (χ1n) is 5.84. The number of anilines is 1. The third-order valence-corrected chi connectivity index (χ3v) is 5.36. The molecule has 0 N–H and O–H groups in total. The van der Waals surface area contributed by atoms with Crippen LogP contribution in [0.25, 0.3) is 0 Å². The Morgan fingerprint density at radius 2 is 1.80 bits per heavy atom. The molecule has 3 nitrogen and oxygen atoms in total. The molecule has 0 radical (unpaired) electrons. The fourth-order valence-electron chi connectivity index (χ4n) is 1.72. The van der Waals surface area contributed by atoms with Crippen molar-refractivity contribution >= 4 is 31.6 Å². The minimum absolute atomic E-state index is 0.175. The van der Waals surface area contributed by atoms with Crippen LogP contribution >= 0.6 is 15.9 Å². The maximum Gasteiger partial charge on any atom is 0.264 e. The standard InChI is InChI=1S/C14H13BrFNO2S/c1-17(13-4-2-3-12(16)9-13)20(18,19)14-7-5-11(10-15)6-8-14/h2-9H,10H2,1H3. The average molecular weight is 358 g/mol. The van der Waals surface area contributed by atoms with Gasteiger partial charge in [0.05, 0.1) is 10.6 Å². The molecule has 0 aliphatic rings. The maximum absolute atomic E-state index is 13.2. The molecular weight excluding hydrogens is 345 g/mol. The van der Waals surface area contributed by atoms with Gasteiger partial charge in [0.1, 0.15) is 5.82 Å². The van der Waals surface area contributed by atoms with E-state index >= 15 is 0 Å². The molecule has 0 atom stereocenters. The Balaban J connectivity index is 2.38. The minimum Gasteiger partial charge on any atom is -0.269 e. The first-order chi connectivity index (χ1) is 9.45. The topological polar surface area (TPSA) is 37.4 Å². The van der Waals surface area contributed by atoms with Crippen LogP contribution in [0.1, 0.15) is 5.56 Å². The number of hydrogen-bond acceptors (Lipinski definition) is 2. The SMILES string of the molecule is CN(c1cccc(F)c1)S(=O)(=O)c1ccc(CBr)cc1. The number of benzene rings is 2. The van der Waals surface area contributed by atoms with Gasteiger partial charge in [0.15, 0.2) is 0 Å². The molecule has 0 aromatic heterocycles. The third kappa shape index (κ3) is 3.02. The van der Waals surface area contributed by atoms with Gasteiger partial charge in [0.2, 0.25) is 0 Å². The molecule has 0 aliphatic carbocycles. The van der Waals surface area contributed by atoms with E-state index in [2.05, 4.69) is 15.9 Å². The van der Waals surface area contributed by atoms with E-state index in [0.29, 0.717) is 5.33 Å². The predicted octanol–water partition coefficient (Wildman–Crippen LogP) is 3.55. The van der Waals surface area contributed by atoms with Crippen LogP contribution in [-0.2, 0) is 15.4 Å². The van der Waals surface area contributed by atoms with E-state index in [-0.39, 0.29) is 10.6 Å². The fraction of sp³-hybridized carbons (Fsp3) is 0.143. The number of alkyl halides is 1. The molecule has 0 saturated carbocycles. The predicted molar refractivity (Wildman–Crippen MR) is 81.1 cm³/mol. The van der Waals surface area contributed by atoms with Crippen LogP contribution in [-0.4, -0.2) is 15.5 Å². The lowest BCUT2D eigenvalue weighted by Gasteiger charge is -2.19. The van der Waals surface area contributed by atoms with Crippen molar-refractivity contribution in [3.8, 4) is 0 Å². The molecule has 0 fully saturated rings. The van der Waals surface area contributed by atoms with E-state index in [1.54, 1.807) is 30.3 Å². The van der Waals surface area contributed by atoms with Crippen LogP contribution in [0.5, 0.6) is 0 Å². The van der Waals surface area contributed by atoms with Gasteiger partial charge in [-0.15, -0.1) is 0 Å². The van der Waals surface area contributed by atoms with Gasteiger partial charge in [0, 0.05) is 12.4 Å². The highest BCUT2D eigenvalue weighted by Gasteiger charge is 2.21. The zero-order chi connectivity index (χ0) is 14.8. The maximum atomic E-state index is 13.2. The van der Waals surface area contributed by atoms with Crippen LogP contribution in [0.4, 0.5) is 10.1 Å². The van der Waals surface area contributed by atoms with Crippen LogP contribution in [0.15, 0.2) is 53.4 Å². The highest BCUT2D eigenvalue weighted by molar-refractivity contribution is 9.08. The van der Waals surface area contributed by atoms with Gasteiger partial charge in [-0.2, -0.15) is 0 Å². The summed E-state index contributed by atoms with van der Waals surface area (Å²) in [7, 11) is -2.28. The molecule has 20 heavy (non-hydrogen) atoms. The monoisotopic (exact) mass is 357 g/mol. The number of hydrogen-bond donors (Lipinski definition) is 0. The summed E-state index contributed by atoms with van der Waals surface area (Å²) >= 11 is 3.30. The van der Waals surface area contributed by atoms with Crippen molar-refractivity contribution in [1.29, 1.82) is 0 Å². The second-order valence-electron chi connectivity index (χ2n) is 4.23. The lowest BCUT2D eigenvalue weighted by molar-refractivity contribution is 0.594. The molecule has 0 saturated heterocycles. The van der Waals surface area contributed by atoms with Gasteiger partial charge in [-0.05, 0) is 35.9 Å². The van der Waals surface area contributed by atoms with Crippen molar-refractivity contribution in [2.24, 2.45) is 0 Å². The van der Waals surface area contributed by atoms with Gasteiger partial charge in [0.25, 0.3) is 10.0 Å². The summed E-state index contributed by atoms with van der Waals surface area (Å²) in [6.45, 7) is 0. The summed E-state index contributed by atoms with van der Waals surface area (Å²) < 4.78 is 39.1. The molecule has 2 rings (SSSR count). The summed E-state index contributed by atoms with van der Waals surface area (Å²) in [4.78, 5) is 0.175. The van der Waals surface area contributed by atoms with Crippen molar-refractivity contribution in [2.45, 2.75) is 10.2 Å². The van der Waals surface area contributed by atoms with Crippen molar-refractivity contribution in [1.82, 2.24) is 0 Å². The van der Waals surface area contributed by atoms with Gasteiger partial charge in [-0.1, -0.05) is 34.1 Å². The van der Waals surface area contributed by atoms with Gasteiger partial charge >= 0.3 is 0 Å². The van der Waals surface area contributed by atoms with Crippen molar-refractivity contribution in [2.75, 3.05) is 11.4 Å². The van der Waals surface area contributed by atoms with E-state index in [4.69, 9.17) is 0 Å². The molecule has 0 aliphatic heterocycles. The minimum atomic E-state index is -3.68. The Morgan fingerprint density at radius 3 is 2.35 bits per heavy atom. The average Bonchev–Trinajstić information content (AvgIpc) is 2.46.